The molecule has 1 N–H and O–H groups in total. The van der Waals surface area contributed by atoms with Gasteiger partial charge in [0.2, 0.25) is 11.8 Å². The Hall–Kier alpha value is -3.18. The monoisotopic (exact) mass is 567 g/mol. The number of ether oxygens (including phenoxy) is 2. The molecular weight excluding hydrogens is 526 g/mol. The first-order valence-electron chi connectivity index (χ1n) is 15.2. The Morgan fingerprint density at radius 1 is 1.02 bits per heavy atom. The molecule has 4 saturated heterocycles. The van der Waals surface area contributed by atoms with E-state index in [2.05, 4.69) is 10.2 Å². The molecule has 2 unspecified atom stereocenters. The molecule has 1 aromatic heterocycles. The Labute approximate surface area is 239 Å². The molecule has 2 aromatic rings. The molecule has 4 fully saturated rings. The zero-order valence-corrected chi connectivity index (χ0v) is 23.9. The summed E-state index contributed by atoms with van der Waals surface area (Å²) in [4.78, 5) is 54.2. The third-order valence-electron chi connectivity index (χ3n) is 9.48. The molecule has 5 heterocycles. The SMILES string of the molecule is Cn1c(=O)n(C2CCC(=O)NC2=O)c2cccc(CCCOC3CCN(C(=O)OC[C@@H]4CCC5CCCN54)CC3)c21. The maximum atomic E-state index is 13.1. The molecule has 11 heteroatoms. The Morgan fingerprint density at radius 2 is 1.85 bits per heavy atom. The van der Waals surface area contributed by atoms with Gasteiger partial charge in [-0.25, -0.2) is 9.59 Å². The predicted octanol–water partition coefficient (Wildman–Crippen LogP) is 2.49. The van der Waals surface area contributed by atoms with Gasteiger partial charge in [0.25, 0.3) is 0 Å². The molecule has 4 aliphatic rings. The highest BCUT2D eigenvalue weighted by molar-refractivity contribution is 6.00. The van der Waals surface area contributed by atoms with Crippen LogP contribution in [-0.2, 0) is 32.5 Å². The molecule has 0 aliphatic carbocycles. The summed E-state index contributed by atoms with van der Waals surface area (Å²) in [6, 6.07) is 6.17. The quantitative estimate of drug-likeness (QED) is 0.385. The van der Waals surface area contributed by atoms with Crippen LogP contribution in [-0.4, -0.2) is 87.9 Å². The Bertz CT molecular complexity index is 1360. The van der Waals surface area contributed by atoms with Gasteiger partial charge in [-0.1, -0.05) is 12.1 Å². The Kier molecular flexibility index (Phi) is 8.16. The van der Waals surface area contributed by atoms with Crippen LogP contribution in [0.1, 0.15) is 69.4 Å². The van der Waals surface area contributed by atoms with E-state index in [1.807, 2.05) is 23.1 Å². The zero-order valence-electron chi connectivity index (χ0n) is 23.9. The van der Waals surface area contributed by atoms with Crippen molar-refractivity contribution in [3.8, 4) is 0 Å². The number of imidazole rings is 1. The van der Waals surface area contributed by atoms with E-state index >= 15 is 0 Å². The molecule has 0 radical (unpaired) electrons. The van der Waals surface area contributed by atoms with Gasteiger partial charge in [0.1, 0.15) is 12.6 Å². The number of fused-ring (bicyclic) bond motifs is 2. The van der Waals surface area contributed by atoms with Gasteiger partial charge in [0, 0.05) is 45.2 Å². The minimum atomic E-state index is -0.689. The van der Waals surface area contributed by atoms with Crippen LogP contribution < -0.4 is 11.0 Å². The number of benzene rings is 1. The minimum absolute atomic E-state index is 0.119. The number of carbonyl (C=O) groups excluding carboxylic acids is 3. The van der Waals surface area contributed by atoms with E-state index in [0.29, 0.717) is 50.3 Å². The van der Waals surface area contributed by atoms with Crippen LogP contribution in [0.3, 0.4) is 0 Å². The summed E-state index contributed by atoms with van der Waals surface area (Å²) in [6.07, 6.45) is 8.47. The van der Waals surface area contributed by atoms with Crippen LogP contribution in [0.5, 0.6) is 0 Å². The second kappa shape index (κ2) is 12.0. The molecule has 3 atom stereocenters. The van der Waals surface area contributed by atoms with Crippen LogP contribution in [0, 0.1) is 0 Å². The molecule has 41 heavy (non-hydrogen) atoms. The molecule has 0 bridgehead atoms. The average molecular weight is 568 g/mol. The summed E-state index contributed by atoms with van der Waals surface area (Å²) in [5.41, 5.74) is 2.29. The standard InChI is InChI=1S/C30H41N5O6/c1-32-27-20(5-2-8-24(27)35(29(32)38)25-11-12-26(36)31-28(25)37)6-4-18-40-23-13-16-33(17-14-23)30(39)41-19-22-10-9-21-7-3-15-34(21)22/h2,5,8,21-23,25H,3-4,6-7,9-19H2,1H3,(H,31,36,37)/t21?,22-,25?/m0/s1. The first-order valence-corrected chi connectivity index (χ1v) is 15.2. The smallest absolute Gasteiger partial charge is 0.409 e. The van der Waals surface area contributed by atoms with Crippen molar-refractivity contribution in [2.75, 3.05) is 32.8 Å². The van der Waals surface area contributed by atoms with Crippen molar-refractivity contribution in [2.24, 2.45) is 7.05 Å². The van der Waals surface area contributed by atoms with Gasteiger partial charge in [-0.15, -0.1) is 0 Å². The highest BCUT2D eigenvalue weighted by atomic mass is 16.6. The fourth-order valence-corrected chi connectivity index (χ4v) is 7.31. The number of rotatable bonds is 8. The summed E-state index contributed by atoms with van der Waals surface area (Å²) >= 11 is 0. The van der Waals surface area contributed by atoms with Gasteiger partial charge in [0.15, 0.2) is 0 Å². The van der Waals surface area contributed by atoms with Crippen molar-refractivity contribution >= 4 is 28.9 Å². The number of aromatic nitrogens is 2. The molecule has 3 amide bonds. The molecule has 222 valence electrons. The second-order valence-electron chi connectivity index (χ2n) is 12.0. The molecule has 6 rings (SSSR count). The largest absolute Gasteiger partial charge is 0.448 e. The van der Waals surface area contributed by atoms with E-state index < -0.39 is 11.9 Å². The summed E-state index contributed by atoms with van der Waals surface area (Å²) < 4.78 is 15.0. The molecular formula is C30H41N5O6. The number of hydrogen-bond acceptors (Lipinski definition) is 7. The van der Waals surface area contributed by atoms with Gasteiger partial charge in [0.05, 0.1) is 17.1 Å². The van der Waals surface area contributed by atoms with Gasteiger partial charge >= 0.3 is 11.8 Å². The Morgan fingerprint density at radius 3 is 2.66 bits per heavy atom. The van der Waals surface area contributed by atoms with Gasteiger partial charge in [-0.2, -0.15) is 0 Å². The maximum absolute atomic E-state index is 13.1. The van der Waals surface area contributed by atoms with E-state index in [-0.39, 0.29) is 30.2 Å². The van der Waals surface area contributed by atoms with Crippen molar-refractivity contribution in [2.45, 2.75) is 88.4 Å². The summed E-state index contributed by atoms with van der Waals surface area (Å²) in [6.45, 7) is 3.52. The lowest BCUT2D eigenvalue weighted by Gasteiger charge is -2.32. The number of hydrogen-bond donors (Lipinski definition) is 1. The lowest BCUT2D eigenvalue weighted by atomic mass is 10.0. The maximum Gasteiger partial charge on any atom is 0.409 e. The van der Waals surface area contributed by atoms with E-state index in [1.54, 1.807) is 11.6 Å². The zero-order chi connectivity index (χ0) is 28.5. The van der Waals surface area contributed by atoms with Gasteiger partial charge in [-0.05, 0) is 76.0 Å². The van der Waals surface area contributed by atoms with Crippen molar-refractivity contribution in [1.82, 2.24) is 24.3 Å². The summed E-state index contributed by atoms with van der Waals surface area (Å²) in [5.74, 6) is -0.728. The minimum Gasteiger partial charge on any atom is -0.448 e. The molecule has 11 nitrogen and oxygen atoms in total. The normalized spacial score (nSPS) is 25.6. The number of aryl methyl sites for hydroxylation is 2. The summed E-state index contributed by atoms with van der Waals surface area (Å²) in [5, 5.41) is 2.36. The van der Waals surface area contributed by atoms with Crippen molar-refractivity contribution in [1.29, 1.82) is 0 Å². The highest BCUT2D eigenvalue weighted by Crippen LogP contribution is 2.32. The number of para-hydroxylation sites is 1. The second-order valence-corrected chi connectivity index (χ2v) is 12.0. The lowest BCUT2D eigenvalue weighted by Crippen LogP contribution is -2.44. The first-order chi connectivity index (χ1) is 19.9. The number of carbonyl (C=O) groups is 3. The lowest BCUT2D eigenvalue weighted by molar-refractivity contribution is -0.135. The van der Waals surface area contributed by atoms with Crippen LogP contribution in [0.2, 0.25) is 0 Å². The predicted molar refractivity (Wildman–Crippen MR) is 152 cm³/mol. The molecule has 4 aliphatic heterocycles. The fraction of sp³-hybridized carbons (Fsp3) is 0.667. The molecule has 0 saturated carbocycles. The fourth-order valence-electron chi connectivity index (χ4n) is 7.31. The van der Waals surface area contributed by atoms with Crippen LogP contribution in [0.4, 0.5) is 4.79 Å². The average Bonchev–Trinajstić information content (AvgIpc) is 3.66. The number of nitrogens with one attached hydrogen (secondary N) is 1. The number of nitrogens with zero attached hydrogens (tertiary/aromatic N) is 4. The Balaban J connectivity index is 0.968. The van der Waals surface area contributed by atoms with E-state index in [4.69, 9.17) is 9.47 Å². The van der Waals surface area contributed by atoms with Crippen LogP contribution in [0.15, 0.2) is 23.0 Å². The van der Waals surface area contributed by atoms with Crippen molar-refractivity contribution < 1.29 is 23.9 Å². The third kappa shape index (κ3) is 5.66. The van der Waals surface area contributed by atoms with Crippen molar-refractivity contribution in [3.63, 3.8) is 0 Å². The highest BCUT2D eigenvalue weighted by Gasteiger charge is 2.37. The van der Waals surface area contributed by atoms with Crippen LogP contribution in [0.25, 0.3) is 11.0 Å². The summed E-state index contributed by atoms with van der Waals surface area (Å²) in [7, 11) is 1.72. The van der Waals surface area contributed by atoms with Gasteiger partial charge < -0.3 is 14.4 Å². The molecule has 0 spiro atoms. The first kappa shape index (κ1) is 28.0. The van der Waals surface area contributed by atoms with Gasteiger partial charge in [-0.3, -0.25) is 28.9 Å². The van der Waals surface area contributed by atoms with E-state index in [9.17, 15) is 19.2 Å². The topological polar surface area (TPSA) is 115 Å². The van der Waals surface area contributed by atoms with Crippen molar-refractivity contribution in [3.05, 3.63) is 34.2 Å². The number of likely N-dealkylation sites (tertiary alicyclic amines) is 1. The van der Waals surface area contributed by atoms with Crippen LogP contribution >= 0.6 is 0 Å². The van der Waals surface area contributed by atoms with E-state index in [0.717, 1.165) is 49.7 Å². The number of imide groups is 1. The number of piperidine rings is 2. The molecule has 1 aromatic carbocycles. The third-order valence-corrected chi connectivity index (χ3v) is 9.48. The van der Waals surface area contributed by atoms with E-state index in [1.165, 1.54) is 23.8 Å². The number of amides is 3.